The van der Waals surface area contributed by atoms with Gasteiger partial charge in [0.05, 0.1) is 6.54 Å². The van der Waals surface area contributed by atoms with Gasteiger partial charge in [0.1, 0.15) is 6.61 Å². The highest BCUT2D eigenvalue weighted by Crippen LogP contribution is 1.71. The fourth-order valence-corrected chi connectivity index (χ4v) is 0.256. The van der Waals surface area contributed by atoms with Crippen LogP contribution in [0.3, 0.4) is 0 Å². The maximum Gasteiger partial charge on any atom is 0.505 e. The molecule has 9 heavy (non-hydrogen) atoms. The number of amides is 1. The number of ether oxygens (including phenoxy) is 1. The molecule has 0 aliphatic heterocycles. The summed E-state index contributed by atoms with van der Waals surface area (Å²) in [5.41, 5.74) is 0. The minimum absolute atomic E-state index is 0.00588. The summed E-state index contributed by atoms with van der Waals surface area (Å²) in [6.07, 6.45) is -0.853. The maximum atomic E-state index is 9.62. The molecule has 0 unspecified atom stereocenters. The van der Waals surface area contributed by atoms with Gasteiger partial charge in [0, 0.05) is 0 Å². The first kappa shape index (κ1) is 7.74. The van der Waals surface area contributed by atoms with Gasteiger partial charge in [-0.25, -0.2) is 4.79 Å². The summed E-state index contributed by atoms with van der Waals surface area (Å²) in [7, 11) is 0. The van der Waals surface area contributed by atoms with E-state index in [1.54, 1.807) is 0 Å². The van der Waals surface area contributed by atoms with Crippen molar-refractivity contribution in [3.05, 3.63) is 0 Å². The lowest BCUT2D eigenvalue weighted by atomic mass is 10.7. The molecule has 0 heterocycles. The van der Waals surface area contributed by atoms with E-state index in [2.05, 4.69) is 10.1 Å². The number of nitrogens with one attached hydrogen (secondary N) is 1. The molecule has 0 spiro atoms. The van der Waals surface area contributed by atoms with Crippen LogP contribution in [0, 0.1) is 0 Å². The average Bonchev–Trinajstić information content (AvgIpc) is 1.80. The Hall–Kier alpha value is -1.26. The van der Waals surface area contributed by atoms with Crippen LogP contribution in [0.2, 0.25) is 0 Å². The van der Waals surface area contributed by atoms with Gasteiger partial charge < -0.3 is 15.2 Å². The topological polar surface area (TPSA) is 75.6 Å². The number of rotatable bonds is 4. The molecule has 1 amide bonds. The highest BCUT2D eigenvalue weighted by atomic mass is 16.7. The Kier molecular flexibility index (Phi) is 4.20. The number of carboxylic acid groups (broad SMARTS) is 1. The van der Waals surface area contributed by atoms with E-state index < -0.39 is 6.16 Å². The lowest BCUT2D eigenvalue weighted by molar-refractivity contribution is -0.109. The van der Waals surface area contributed by atoms with Crippen LogP contribution in [0.25, 0.3) is 0 Å². The minimum atomic E-state index is -1.33. The van der Waals surface area contributed by atoms with Crippen molar-refractivity contribution < 1.29 is 19.4 Å². The summed E-state index contributed by atoms with van der Waals surface area (Å²) in [6.45, 7) is 0.212. The highest BCUT2D eigenvalue weighted by molar-refractivity contribution is 5.56. The average molecular weight is 133 g/mol. The molecular formula is C4H7NO4. The monoisotopic (exact) mass is 133 g/mol. The normalized spacial score (nSPS) is 8.00. The van der Waals surface area contributed by atoms with E-state index in [1.807, 2.05) is 0 Å². The standard InChI is InChI=1S/C4H7NO4/c6-3-5-1-2-9-4(7)8/h3H,1-2H2,(H,5,6)(H,7,8). The van der Waals surface area contributed by atoms with Crippen molar-refractivity contribution in [2.45, 2.75) is 0 Å². The van der Waals surface area contributed by atoms with E-state index in [0.717, 1.165) is 0 Å². The molecule has 52 valence electrons. The fourth-order valence-electron chi connectivity index (χ4n) is 0.256. The minimum Gasteiger partial charge on any atom is -0.450 e. The first-order chi connectivity index (χ1) is 4.27. The van der Waals surface area contributed by atoms with Crippen molar-refractivity contribution in [2.24, 2.45) is 0 Å². The predicted octanol–water partition coefficient (Wildman–Crippen LogP) is -0.573. The fraction of sp³-hybridized carbons (Fsp3) is 0.500. The first-order valence-corrected chi connectivity index (χ1v) is 2.30. The van der Waals surface area contributed by atoms with E-state index in [4.69, 9.17) is 5.11 Å². The summed E-state index contributed by atoms with van der Waals surface area (Å²) in [5, 5.41) is 10.1. The Bertz CT molecular complexity index is 103. The zero-order valence-electron chi connectivity index (χ0n) is 4.66. The molecular weight excluding hydrogens is 126 g/mol. The number of carbonyl (C=O) groups excluding carboxylic acids is 1. The summed E-state index contributed by atoms with van der Waals surface area (Å²) >= 11 is 0. The van der Waals surface area contributed by atoms with Crippen LogP contribution in [0.4, 0.5) is 4.79 Å². The van der Waals surface area contributed by atoms with Gasteiger partial charge in [0.2, 0.25) is 6.41 Å². The molecule has 0 atom stereocenters. The zero-order chi connectivity index (χ0) is 7.11. The molecule has 0 aromatic heterocycles. The maximum absolute atomic E-state index is 9.62. The SMILES string of the molecule is O=CNCCOC(=O)O. The highest BCUT2D eigenvalue weighted by Gasteiger charge is 1.92. The lowest BCUT2D eigenvalue weighted by Crippen LogP contribution is -2.18. The van der Waals surface area contributed by atoms with E-state index >= 15 is 0 Å². The Morgan fingerprint density at radius 1 is 1.78 bits per heavy atom. The Labute approximate surface area is 51.6 Å². The van der Waals surface area contributed by atoms with Crippen molar-refractivity contribution in [3.63, 3.8) is 0 Å². The molecule has 0 aromatic rings. The Morgan fingerprint density at radius 3 is 2.89 bits per heavy atom. The zero-order valence-corrected chi connectivity index (χ0v) is 4.66. The summed E-state index contributed by atoms with van der Waals surface area (Å²) in [6, 6.07) is 0. The molecule has 0 saturated carbocycles. The molecule has 2 N–H and O–H groups in total. The molecule has 5 nitrogen and oxygen atoms in total. The second-order valence-electron chi connectivity index (χ2n) is 1.19. The predicted molar refractivity (Wildman–Crippen MR) is 28.0 cm³/mol. The molecule has 0 radical (unpaired) electrons. The van der Waals surface area contributed by atoms with Crippen LogP contribution in [0.5, 0.6) is 0 Å². The van der Waals surface area contributed by atoms with E-state index in [0.29, 0.717) is 6.41 Å². The molecule has 0 fully saturated rings. The van der Waals surface area contributed by atoms with Crippen LogP contribution in [-0.4, -0.2) is 30.8 Å². The van der Waals surface area contributed by atoms with E-state index in [1.165, 1.54) is 0 Å². The largest absolute Gasteiger partial charge is 0.505 e. The molecule has 0 aromatic carbocycles. The van der Waals surface area contributed by atoms with Crippen molar-refractivity contribution in [2.75, 3.05) is 13.2 Å². The van der Waals surface area contributed by atoms with Crippen LogP contribution >= 0.6 is 0 Å². The van der Waals surface area contributed by atoms with Crippen molar-refractivity contribution in [1.82, 2.24) is 5.32 Å². The third-order valence-electron chi connectivity index (χ3n) is 0.555. The van der Waals surface area contributed by atoms with Crippen molar-refractivity contribution >= 4 is 12.6 Å². The van der Waals surface area contributed by atoms with E-state index in [9.17, 15) is 9.59 Å². The van der Waals surface area contributed by atoms with Gasteiger partial charge in [0.15, 0.2) is 0 Å². The van der Waals surface area contributed by atoms with Crippen LogP contribution in [0.15, 0.2) is 0 Å². The van der Waals surface area contributed by atoms with E-state index in [-0.39, 0.29) is 13.2 Å². The number of hydrogen-bond donors (Lipinski definition) is 2. The third-order valence-corrected chi connectivity index (χ3v) is 0.555. The van der Waals surface area contributed by atoms with Gasteiger partial charge in [-0.3, -0.25) is 4.79 Å². The van der Waals surface area contributed by atoms with Gasteiger partial charge in [-0.1, -0.05) is 0 Å². The summed E-state index contributed by atoms with van der Waals surface area (Å²) in [4.78, 5) is 19.2. The van der Waals surface area contributed by atoms with Gasteiger partial charge >= 0.3 is 6.16 Å². The molecule has 0 aliphatic rings. The van der Waals surface area contributed by atoms with Gasteiger partial charge in [-0.15, -0.1) is 0 Å². The van der Waals surface area contributed by atoms with Gasteiger partial charge in [-0.05, 0) is 0 Å². The quantitative estimate of drug-likeness (QED) is 0.306. The van der Waals surface area contributed by atoms with Crippen LogP contribution in [-0.2, 0) is 9.53 Å². The van der Waals surface area contributed by atoms with Crippen molar-refractivity contribution in [1.29, 1.82) is 0 Å². The molecule has 0 bridgehead atoms. The first-order valence-electron chi connectivity index (χ1n) is 2.30. The second-order valence-corrected chi connectivity index (χ2v) is 1.19. The molecule has 0 aliphatic carbocycles. The Morgan fingerprint density at radius 2 is 2.44 bits per heavy atom. The van der Waals surface area contributed by atoms with Gasteiger partial charge in [0.25, 0.3) is 0 Å². The smallest absolute Gasteiger partial charge is 0.450 e. The van der Waals surface area contributed by atoms with Crippen LogP contribution in [0.1, 0.15) is 0 Å². The Balaban J connectivity index is 2.91. The summed E-state index contributed by atoms with van der Waals surface area (Å²) < 4.78 is 4.04. The third kappa shape index (κ3) is 6.74. The number of carbonyl (C=O) groups is 2. The van der Waals surface area contributed by atoms with Gasteiger partial charge in [-0.2, -0.15) is 0 Å². The second kappa shape index (κ2) is 4.89. The lowest BCUT2D eigenvalue weighted by Gasteiger charge is -1.96. The van der Waals surface area contributed by atoms with Crippen LogP contribution < -0.4 is 5.32 Å². The number of hydrogen-bond acceptors (Lipinski definition) is 3. The molecule has 0 rings (SSSR count). The summed E-state index contributed by atoms with van der Waals surface area (Å²) in [5.74, 6) is 0. The van der Waals surface area contributed by atoms with Crippen molar-refractivity contribution in [3.8, 4) is 0 Å². The molecule has 5 heteroatoms. The molecule has 0 saturated heterocycles.